The third-order valence-electron chi connectivity index (χ3n) is 3.44. The van der Waals surface area contributed by atoms with Crippen molar-refractivity contribution in [3.8, 4) is 0 Å². The van der Waals surface area contributed by atoms with E-state index in [1.54, 1.807) is 0 Å². The van der Waals surface area contributed by atoms with Crippen LogP contribution in [0.2, 0.25) is 0 Å². The molecule has 0 aromatic heterocycles. The van der Waals surface area contributed by atoms with E-state index in [0.29, 0.717) is 0 Å². The standard InChI is InChI=1S/C15H22N2OS.ClH/c1-19-11-9-12-5-7-13(8-6-12)17-15(18)14-4-2-3-10-16-14;/h5-8,14,16H,2-4,9-11H2,1H3,(H,17,18);1H. The largest absolute Gasteiger partial charge is 0.325 e. The minimum Gasteiger partial charge on any atom is -0.325 e. The minimum atomic E-state index is -0.0232. The summed E-state index contributed by atoms with van der Waals surface area (Å²) in [6, 6.07) is 8.16. The lowest BCUT2D eigenvalue weighted by atomic mass is 10.0. The number of carbonyl (C=O) groups excluding carboxylic acids is 1. The molecule has 2 rings (SSSR count). The molecule has 112 valence electrons. The van der Waals surface area contributed by atoms with E-state index in [-0.39, 0.29) is 24.4 Å². The van der Waals surface area contributed by atoms with Crippen molar-refractivity contribution in [2.24, 2.45) is 0 Å². The van der Waals surface area contributed by atoms with Gasteiger partial charge >= 0.3 is 0 Å². The quantitative estimate of drug-likeness (QED) is 0.877. The van der Waals surface area contributed by atoms with Gasteiger partial charge in [-0.25, -0.2) is 0 Å². The fraction of sp³-hybridized carbons (Fsp3) is 0.533. The Morgan fingerprint density at radius 1 is 1.35 bits per heavy atom. The third kappa shape index (κ3) is 5.35. The number of halogens is 1. The summed E-state index contributed by atoms with van der Waals surface area (Å²) in [4.78, 5) is 12.0. The summed E-state index contributed by atoms with van der Waals surface area (Å²) < 4.78 is 0. The molecule has 0 radical (unpaired) electrons. The van der Waals surface area contributed by atoms with Crippen molar-refractivity contribution in [2.75, 3.05) is 23.9 Å². The van der Waals surface area contributed by atoms with Crippen molar-refractivity contribution in [1.29, 1.82) is 0 Å². The number of nitrogens with one attached hydrogen (secondary N) is 2. The lowest BCUT2D eigenvalue weighted by molar-refractivity contribution is -0.118. The van der Waals surface area contributed by atoms with Gasteiger partial charge in [0.25, 0.3) is 0 Å². The van der Waals surface area contributed by atoms with Crippen LogP contribution in [-0.4, -0.2) is 30.5 Å². The summed E-state index contributed by atoms with van der Waals surface area (Å²) in [6.45, 7) is 0.950. The van der Waals surface area contributed by atoms with Gasteiger partial charge in [-0.1, -0.05) is 18.6 Å². The Hall–Kier alpha value is -0.710. The van der Waals surface area contributed by atoms with Crippen LogP contribution in [0, 0.1) is 0 Å². The van der Waals surface area contributed by atoms with Crippen LogP contribution in [0.1, 0.15) is 24.8 Å². The average molecular weight is 315 g/mol. The Kier molecular flexibility index (Phi) is 8.04. The van der Waals surface area contributed by atoms with E-state index in [4.69, 9.17) is 0 Å². The van der Waals surface area contributed by atoms with Crippen molar-refractivity contribution >= 4 is 35.8 Å². The highest BCUT2D eigenvalue weighted by Crippen LogP contribution is 2.14. The van der Waals surface area contributed by atoms with Crippen LogP contribution in [-0.2, 0) is 11.2 Å². The fourth-order valence-corrected chi connectivity index (χ4v) is 2.72. The maximum atomic E-state index is 12.0. The maximum Gasteiger partial charge on any atom is 0.241 e. The van der Waals surface area contributed by atoms with Crippen molar-refractivity contribution in [1.82, 2.24) is 5.32 Å². The molecule has 0 saturated carbocycles. The zero-order valence-electron chi connectivity index (χ0n) is 11.9. The molecule has 1 amide bonds. The first-order valence-electron chi connectivity index (χ1n) is 6.92. The lowest BCUT2D eigenvalue weighted by Crippen LogP contribution is -2.43. The van der Waals surface area contributed by atoms with Gasteiger partial charge in [0.1, 0.15) is 0 Å². The second kappa shape index (κ2) is 9.27. The van der Waals surface area contributed by atoms with E-state index in [0.717, 1.165) is 37.2 Å². The molecule has 0 spiro atoms. The molecule has 1 unspecified atom stereocenters. The van der Waals surface area contributed by atoms with E-state index < -0.39 is 0 Å². The number of rotatable bonds is 5. The summed E-state index contributed by atoms with van der Waals surface area (Å²) in [5, 5.41) is 6.25. The van der Waals surface area contributed by atoms with Crippen LogP contribution in [0.4, 0.5) is 5.69 Å². The van der Waals surface area contributed by atoms with Gasteiger partial charge in [0, 0.05) is 5.69 Å². The molecule has 1 saturated heterocycles. The van der Waals surface area contributed by atoms with Crippen LogP contribution in [0.25, 0.3) is 0 Å². The van der Waals surface area contributed by atoms with E-state index in [1.807, 2.05) is 23.9 Å². The van der Waals surface area contributed by atoms with E-state index >= 15 is 0 Å². The van der Waals surface area contributed by atoms with Crippen molar-refractivity contribution < 1.29 is 4.79 Å². The Morgan fingerprint density at radius 2 is 2.10 bits per heavy atom. The summed E-state index contributed by atoms with van der Waals surface area (Å²) in [7, 11) is 0. The molecule has 2 N–H and O–H groups in total. The molecule has 1 atom stereocenters. The predicted octanol–water partition coefficient (Wildman–Crippen LogP) is 3.09. The monoisotopic (exact) mass is 314 g/mol. The second-order valence-corrected chi connectivity index (χ2v) is 5.92. The number of anilines is 1. The van der Waals surface area contributed by atoms with Crippen molar-refractivity contribution in [2.45, 2.75) is 31.7 Å². The number of aryl methyl sites for hydroxylation is 1. The van der Waals surface area contributed by atoms with Crippen molar-refractivity contribution in [3.63, 3.8) is 0 Å². The smallest absolute Gasteiger partial charge is 0.241 e. The Balaban J connectivity index is 0.00000200. The van der Waals surface area contributed by atoms with E-state index in [9.17, 15) is 4.79 Å². The van der Waals surface area contributed by atoms with Gasteiger partial charge in [-0.15, -0.1) is 12.4 Å². The number of carbonyl (C=O) groups is 1. The number of amides is 1. The van der Waals surface area contributed by atoms with E-state index in [1.165, 1.54) is 12.0 Å². The summed E-state index contributed by atoms with van der Waals surface area (Å²) in [6.07, 6.45) is 6.45. The predicted molar refractivity (Wildman–Crippen MR) is 90.0 cm³/mol. The normalized spacial score (nSPS) is 18.1. The van der Waals surface area contributed by atoms with Crippen LogP contribution >= 0.6 is 24.2 Å². The minimum absolute atomic E-state index is 0. The zero-order valence-corrected chi connectivity index (χ0v) is 13.5. The molecule has 0 aliphatic carbocycles. The van der Waals surface area contributed by atoms with Gasteiger partial charge in [0.2, 0.25) is 5.91 Å². The van der Waals surface area contributed by atoms with Gasteiger partial charge in [-0.3, -0.25) is 4.79 Å². The molecule has 3 nitrogen and oxygen atoms in total. The summed E-state index contributed by atoms with van der Waals surface area (Å²) in [5.74, 6) is 1.23. The third-order valence-corrected chi connectivity index (χ3v) is 4.06. The molecule has 0 bridgehead atoms. The first-order valence-corrected chi connectivity index (χ1v) is 8.31. The first-order chi connectivity index (χ1) is 9.29. The van der Waals surface area contributed by atoms with Gasteiger partial charge < -0.3 is 10.6 Å². The molecule has 1 aliphatic rings. The Labute approximate surface area is 131 Å². The van der Waals surface area contributed by atoms with Gasteiger partial charge in [0.05, 0.1) is 6.04 Å². The molecular weight excluding hydrogens is 292 g/mol. The lowest BCUT2D eigenvalue weighted by Gasteiger charge is -2.22. The molecule has 1 aliphatic heterocycles. The van der Waals surface area contributed by atoms with Gasteiger partial charge in [-0.05, 0) is 55.5 Å². The van der Waals surface area contributed by atoms with Crippen molar-refractivity contribution in [3.05, 3.63) is 29.8 Å². The average Bonchev–Trinajstić information content (AvgIpc) is 2.47. The highest BCUT2D eigenvalue weighted by molar-refractivity contribution is 7.98. The molecular formula is C15H23ClN2OS. The fourth-order valence-electron chi connectivity index (χ4n) is 2.28. The highest BCUT2D eigenvalue weighted by atomic mass is 35.5. The number of piperidine rings is 1. The molecule has 5 heteroatoms. The Bertz CT molecular complexity index is 405. The topological polar surface area (TPSA) is 41.1 Å². The van der Waals surface area contributed by atoms with Crippen LogP contribution in [0.15, 0.2) is 24.3 Å². The van der Waals surface area contributed by atoms with Crippen LogP contribution in [0.5, 0.6) is 0 Å². The molecule has 1 aromatic rings. The number of hydrogen-bond acceptors (Lipinski definition) is 3. The van der Waals surface area contributed by atoms with Crippen LogP contribution in [0.3, 0.4) is 0 Å². The maximum absolute atomic E-state index is 12.0. The molecule has 1 aromatic carbocycles. The highest BCUT2D eigenvalue weighted by Gasteiger charge is 2.20. The summed E-state index contributed by atoms with van der Waals surface area (Å²) >= 11 is 1.85. The van der Waals surface area contributed by atoms with E-state index in [2.05, 4.69) is 29.0 Å². The Morgan fingerprint density at radius 3 is 2.70 bits per heavy atom. The SMILES string of the molecule is CSCCc1ccc(NC(=O)C2CCCCN2)cc1.Cl. The molecule has 1 fully saturated rings. The zero-order chi connectivity index (χ0) is 13.5. The number of hydrogen-bond donors (Lipinski definition) is 2. The van der Waals surface area contributed by atoms with Gasteiger partial charge in [0.15, 0.2) is 0 Å². The molecule has 20 heavy (non-hydrogen) atoms. The first kappa shape index (κ1) is 17.3. The van der Waals surface area contributed by atoms with Gasteiger partial charge in [-0.2, -0.15) is 11.8 Å². The number of thioether (sulfide) groups is 1. The second-order valence-electron chi connectivity index (χ2n) is 4.93. The summed E-state index contributed by atoms with van der Waals surface area (Å²) in [5.41, 5.74) is 2.22. The number of benzene rings is 1. The van der Waals surface area contributed by atoms with Crippen LogP contribution < -0.4 is 10.6 Å². The molecule has 1 heterocycles.